The molecule has 0 aromatic heterocycles. The molecule has 3 atom stereocenters. The van der Waals surface area contributed by atoms with Gasteiger partial charge in [0.1, 0.15) is 0 Å². The molecule has 0 radical (unpaired) electrons. The Morgan fingerprint density at radius 3 is 1.70 bits per heavy atom. The van der Waals surface area contributed by atoms with Crippen molar-refractivity contribution in [2.45, 2.75) is 51.3 Å². The van der Waals surface area contributed by atoms with E-state index in [2.05, 4.69) is 112 Å². The Labute approximate surface area is 201 Å². The van der Waals surface area contributed by atoms with E-state index in [1.165, 1.54) is 19.5 Å². The molecule has 172 valence electrons. The molecular weight excluding hydrogens is 467 g/mol. The van der Waals surface area contributed by atoms with Gasteiger partial charge in [0.25, 0.3) is 0 Å². The molecular formula is C30H36AsO2+. The zero-order chi connectivity index (χ0) is 23.3. The first-order chi connectivity index (χ1) is 16.0. The molecule has 1 aliphatic carbocycles. The standard InChI is InChI=1S/C30H36AsO2/c1-23(2)28-20-19-24(3)21-29(28)33-30(32)22-31(25-13-7-4-8-14-25,26-15-9-5-10-16-26)27-17-11-6-12-18-27/h4-18,23-24,28-29H,19-22H2,1-3H3/q+1/t24-,28+,29-/m1/s1. The molecule has 0 N–H and O–H groups in total. The molecule has 1 fully saturated rings. The van der Waals surface area contributed by atoms with Gasteiger partial charge < -0.3 is 0 Å². The number of hydrogen-bond donors (Lipinski definition) is 0. The van der Waals surface area contributed by atoms with Crippen LogP contribution in [0.5, 0.6) is 0 Å². The molecule has 0 amide bonds. The number of rotatable bonds is 7. The molecule has 0 heterocycles. The van der Waals surface area contributed by atoms with Gasteiger partial charge in [0.05, 0.1) is 0 Å². The van der Waals surface area contributed by atoms with Crippen molar-refractivity contribution in [3.8, 4) is 0 Å². The first-order valence-electron chi connectivity index (χ1n) is 12.2. The van der Waals surface area contributed by atoms with Crippen LogP contribution >= 0.6 is 0 Å². The van der Waals surface area contributed by atoms with Crippen LogP contribution < -0.4 is 13.1 Å². The Balaban J connectivity index is 1.75. The maximum absolute atomic E-state index is 13.7. The number of ether oxygens (including phenoxy) is 1. The monoisotopic (exact) mass is 503 g/mol. The van der Waals surface area contributed by atoms with Crippen molar-refractivity contribution in [1.82, 2.24) is 0 Å². The van der Waals surface area contributed by atoms with E-state index >= 15 is 0 Å². The summed E-state index contributed by atoms with van der Waals surface area (Å²) in [6.07, 6.45) is 3.39. The van der Waals surface area contributed by atoms with Crippen LogP contribution in [-0.4, -0.2) is 25.6 Å². The first kappa shape index (κ1) is 23.8. The van der Waals surface area contributed by atoms with Gasteiger partial charge in [0.15, 0.2) is 0 Å². The fraction of sp³-hybridized carbons (Fsp3) is 0.367. The number of esters is 1. The van der Waals surface area contributed by atoms with Crippen LogP contribution in [0.25, 0.3) is 0 Å². The first-order valence-corrected chi connectivity index (χ1v) is 16.4. The van der Waals surface area contributed by atoms with E-state index in [1.54, 1.807) is 0 Å². The van der Waals surface area contributed by atoms with Crippen LogP contribution in [0.3, 0.4) is 0 Å². The average Bonchev–Trinajstić information content (AvgIpc) is 2.84. The third-order valence-electron chi connectivity index (χ3n) is 7.20. The number of benzene rings is 3. The van der Waals surface area contributed by atoms with Crippen LogP contribution in [-0.2, 0) is 9.53 Å². The van der Waals surface area contributed by atoms with Crippen molar-refractivity contribution in [3.05, 3.63) is 91.0 Å². The molecule has 0 aliphatic heterocycles. The van der Waals surface area contributed by atoms with E-state index in [0.717, 1.165) is 12.8 Å². The van der Waals surface area contributed by atoms with Gasteiger partial charge in [-0.1, -0.05) is 0 Å². The molecule has 3 heteroatoms. The summed E-state index contributed by atoms with van der Waals surface area (Å²) in [5.74, 6) is 1.55. The zero-order valence-corrected chi connectivity index (χ0v) is 21.9. The summed E-state index contributed by atoms with van der Waals surface area (Å²) in [5, 5.41) is 0.450. The Morgan fingerprint density at radius 1 is 0.818 bits per heavy atom. The van der Waals surface area contributed by atoms with E-state index in [4.69, 9.17) is 4.74 Å². The van der Waals surface area contributed by atoms with Gasteiger partial charge in [0, 0.05) is 0 Å². The Hall–Kier alpha value is -2.31. The Bertz CT molecular complexity index is 920. The van der Waals surface area contributed by atoms with Gasteiger partial charge in [-0.3, -0.25) is 0 Å². The fourth-order valence-electron chi connectivity index (χ4n) is 5.42. The molecule has 1 aliphatic rings. The van der Waals surface area contributed by atoms with Crippen molar-refractivity contribution in [3.63, 3.8) is 0 Å². The minimum atomic E-state index is -3.09. The van der Waals surface area contributed by atoms with Crippen LogP contribution in [0.1, 0.15) is 40.0 Å². The van der Waals surface area contributed by atoms with Crippen molar-refractivity contribution in [2.24, 2.45) is 17.8 Å². The van der Waals surface area contributed by atoms with Gasteiger partial charge in [0.2, 0.25) is 0 Å². The summed E-state index contributed by atoms with van der Waals surface area (Å²) in [6, 6.07) is 32.0. The second kappa shape index (κ2) is 10.7. The Kier molecular flexibility index (Phi) is 7.76. The molecule has 3 aromatic carbocycles. The quantitative estimate of drug-likeness (QED) is 0.329. The fourth-order valence-corrected chi connectivity index (χ4v) is 13.7. The van der Waals surface area contributed by atoms with E-state index in [0.29, 0.717) is 23.0 Å². The van der Waals surface area contributed by atoms with Gasteiger partial charge >= 0.3 is 202 Å². The SMILES string of the molecule is CC(C)[C@@H]1CC[C@@H](C)C[C@H]1OC(=O)C[As+](c1ccccc1)(c1ccccc1)c1ccccc1. The average molecular weight is 504 g/mol. The summed E-state index contributed by atoms with van der Waals surface area (Å²) in [7, 11) is 0. The van der Waals surface area contributed by atoms with E-state index in [1.807, 2.05) is 0 Å². The summed E-state index contributed by atoms with van der Waals surface area (Å²) in [6.45, 7) is 6.82. The number of carbonyl (C=O) groups is 1. The summed E-state index contributed by atoms with van der Waals surface area (Å²) >= 11 is -3.09. The summed E-state index contributed by atoms with van der Waals surface area (Å²) in [5.41, 5.74) is 0. The van der Waals surface area contributed by atoms with E-state index in [-0.39, 0.29) is 12.1 Å². The van der Waals surface area contributed by atoms with Gasteiger partial charge in [-0.05, 0) is 0 Å². The predicted octanol–water partition coefficient (Wildman–Crippen LogP) is 5.16. The summed E-state index contributed by atoms with van der Waals surface area (Å²) < 4.78 is 10.2. The molecule has 0 spiro atoms. The maximum atomic E-state index is 13.7. The molecule has 3 aromatic rings. The molecule has 4 rings (SSSR count). The van der Waals surface area contributed by atoms with Crippen molar-refractivity contribution >= 4 is 32.6 Å². The normalized spacial score (nSPS) is 21.0. The second-order valence-electron chi connectivity index (χ2n) is 9.83. The van der Waals surface area contributed by atoms with Gasteiger partial charge in [-0.15, -0.1) is 0 Å². The third kappa shape index (κ3) is 5.27. The van der Waals surface area contributed by atoms with Crippen LogP contribution in [0.4, 0.5) is 0 Å². The number of carbonyl (C=O) groups excluding carboxylic acids is 1. The molecule has 1 saturated carbocycles. The van der Waals surface area contributed by atoms with Crippen LogP contribution in [0.15, 0.2) is 91.0 Å². The Morgan fingerprint density at radius 2 is 1.27 bits per heavy atom. The molecule has 0 unspecified atom stereocenters. The van der Waals surface area contributed by atoms with Crippen molar-refractivity contribution in [2.75, 3.05) is 0 Å². The molecule has 0 saturated heterocycles. The van der Waals surface area contributed by atoms with Crippen LogP contribution in [0, 0.1) is 17.8 Å². The summed E-state index contributed by atoms with van der Waals surface area (Å²) in [4.78, 5) is 13.7. The number of hydrogen-bond acceptors (Lipinski definition) is 2. The minimum absolute atomic E-state index is 0.0287. The zero-order valence-electron chi connectivity index (χ0n) is 20.1. The topological polar surface area (TPSA) is 26.3 Å². The molecule has 33 heavy (non-hydrogen) atoms. The predicted molar refractivity (Wildman–Crippen MR) is 140 cm³/mol. The van der Waals surface area contributed by atoms with Crippen LogP contribution in [0.2, 0.25) is 5.21 Å². The van der Waals surface area contributed by atoms with E-state index in [9.17, 15) is 4.79 Å². The molecule has 0 bridgehead atoms. The second-order valence-corrected chi connectivity index (χ2v) is 17.1. The van der Waals surface area contributed by atoms with Crippen molar-refractivity contribution in [1.29, 1.82) is 0 Å². The third-order valence-corrected chi connectivity index (χ3v) is 16.2. The van der Waals surface area contributed by atoms with Crippen molar-refractivity contribution < 1.29 is 9.53 Å². The van der Waals surface area contributed by atoms with E-state index < -0.39 is 13.6 Å². The van der Waals surface area contributed by atoms with Gasteiger partial charge in [-0.25, -0.2) is 0 Å². The molecule has 2 nitrogen and oxygen atoms in total. The van der Waals surface area contributed by atoms with Gasteiger partial charge in [-0.2, -0.15) is 0 Å².